The van der Waals surface area contributed by atoms with Crippen LogP contribution >= 0.6 is 0 Å². The number of ether oxygens (including phenoxy) is 2. The van der Waals surface area contributed by atoms with E-state index in [1.54, 1.807) is 12.1 Å². The van der Waals surface area contributed by atoms with Gasteiger partial charge in [-0.3, -0.25) is 0 Å². The van der Waals surface area contributed by atoms with Gasteiger partial charge in [-0.15, -0.1) is 5.10 Å². The number of methoxy groups -OCH3 is 1. The van der Waals surface area contributed by atoms with E-state index in [9.17, 15) is 12.8 Å². The highest BCUT2D eigenvalue weighted by molar-refractivity contribution is 7.89. The number of sulfonamides is 1. The number of aromatic nitrogens is 3. The Bertz CT molecular complexity index is 862. The van der Waals surface area contributed by atoms with E-state index >= 15 is 0 Å². The average Bonchev–Trinajstić information content (AvgIpc) is 3.02. The van der Waals surface area contributed by atoms with Crippen molar-refractivity contribution in [3.8, 4) is 5.75 Å². The Hall–Kier alpha value is -2.04. The molecule has 2 aromatic rings. The maximum absolute atomic E-state index is 14.9. The summed E-state index contributed by atoms with van der Waals surface area (Å²) in [6, 6.07) is 4.69. The van der Waals surface area contributed by atoms with Gasteiger partial charge in [-0.1, -0.05) is 17.3 Å². The molecule has 1 aromatic heterocycles. The molecule has 8 nitrogen and oxygen atoms in total. The van der Waals surface area contributed by atoms with E-state index in [-0.39, 0.29) is 16.3 Å². The molecular formula is C15H19FN4O4S. The van der Waals surface area contributed by atoms with Crippen molar-refractivity contribution in [2.75, 3.05) is 20.3 Å². The molecule has 2 heterocycles. The number of aryl methyl sites for hydroxylation is 1. The van der Waals surface area contributed by atoms with Gasteiger partial charge in [-0.2, -0.15) is 4.72 Å². The molecule has 0 saturated carbocycles. The number of hydrogen-bond acceptors (Lipinski definition) is 6. The second kappa shape index (κ2) is 6.70. The molecule has 0 bridgehead atoms. The van der Waals surface area contributed by atoms with E-state index in [0.29, 0.717) is 26.1 Å². The van der Waals surface area contributed by atoms with Crippen LogP contribution in [0, 0.1) is 5.82 Å². The van der Waals surface area contributed by atoms with E-state index in [4.69, 9.17) is 9.47 Å². The first kappa shape index (κ1) is 17.8. The lowest BCUT2D eigenvalue weighted by Crippen LogP contribution is -2.50. The third-order valence-electron chi connectivity index (χ3n) is 4.32. The zero-order valence-corrected chi connectivity index (χ0v) is 14.7. The van der Waals surface area contributed by atoms with Gasteiger partial charge < -0.3 is 9.47 Å². The number of nitrogens with one attached hydrogen (secondary N) is 1. The fraction of sp³-hybridized carbons (Fsp3) is 0.467. The maximum atomic E-state index is 14.9. The Kier molecular flexibility index (Phi) is 4.76. The van der Waals surface area contributed by atoms with Crippen molar-refractivity contribution in [2.45, 2.75) is 23.4 Å². The van der Waals surface area contributed by atoms with Crippen molar-refractivity contribution >= 4 is 10.0 Å². The molecule has 0 unspecified atom stereocenters. The van der Waals surface area contributed by atoms with Crippen LogP contribution in [-0.4, -0.2) is 43.7 Å². The Balaban J connectivity index is 2.08. The molecule has 0 aliphatic carbocycles. The van der Waals surface area contributed by atoms with Gasteiger partial charge in [0.05, 0.1) is 18.8 Å². The van der Waals surface area contributed by atoms with Gasteiger partial charge in [0.2, 0.25) is 0 Å². The Morgan fingerprint density at radius 1 is 1.36 bits per heavy atom. The highest BCUT2D eigenvalue weighted by Crippen LogP contribution is 2.37. The van der Waals surface area contributed by atoms with Crippen LogP contribution in [0.25, 0.3) is 0 Å². The molecule has 25 heavy (non-hydrogen) atoms. The predicted octanol–water partition coefficient (Wildman–Crippen LogP) is 0.947. The normalized spacial score (nSPS) is 17.4. The van der Waals surface area contributed by atoms with E-state index in [1.807, 2.05) is 0 Å². The summed E-state index contributed by atoms with van der Waals surface area (Å²) < 4.78 is 54.7. The Morgan fingerprint density at radius 3 is 2.68 bits per heavy atom. The summed E-state index contributed by atoms with van der Waals surface area (Å²) in [5.74, 6) is -0.525. The van der Waals surface area contributed by atoms with Gasteiger partial charge >= 0.3 is 0 Å². The molecule has 1 aromatic carbocycles. The topological polar surface area (TPSA) is 95.3 Å². The summed E-state index contributed by atoms with van der Waals surface area (Å²) in [6.07, 6.45) is 1.74. The van der Waals surface area contributed by atoms with Crippen molar-refractivity contribution in [3.63, 3.8) is 0 Å². The summed E-state index contributed by atoms with van der Waals surface area (Å²) in [4.78, 5) is 0. The summed E-state index contributed by atoms with van der Waals surface area (Å²) >= 11 is 0. The largest absolute Gasteiger partial charge is 0.494 e. The number of hydrogen-bond donors (Lipinski definition) is 1. The van der Waals surface area contributed by atoms with Crippen LogP contribution in [0.1, 0.15) is 18.4 Å². The second-order valence-electron chi connectivity index (χ2n) is 5.82. The molecule has 3 rings (SSSR count). The van der Waals surface area contributed by atoms with E-state index in [0.717, 1.165) is 10.9 Å². The first-order valence-corrected chi connectivity index (χ1v) is 9.17. The lowest BCUT2D eigenvalue weighted by molar-refractivity contribution is 0.0444. The molecule has 136 valence electrons. The van der Waals surface area contributed by atoms with Crippen LogP contribution in [0.2, 0.25) is 0 Å². The quantitative estimate of drug-likeness (QED) is 0.842. The van der Waals surface area contributed by atoms with Crippen LogP contribution < -0.4 is 9.46 Å². The van der Waals surface area contributed by atoms with Crippen LogP contribution in [0.5, 0.6) is 5.75 Å². The van der Waals surface area contributed by atoms with E-state index in [1.165, 1.54) is 20.2 Å². The third-order valence-corrected chi connectivity index (χ3v) is 5.90. The number of rotatable bonds is 5. The minimum Gasteiger partial charge on any atom is -0.494 e. The molecule has 1 aliphatic rings. The summed E-state index contributed by atoms with van der Waals surface area (Å²) in [5, 5.41) is 7.15. The fourth-order valence-electron chi connectivity index (χ4n) is 3.02. The Morgan fingerprint density at radius 2 is 2.08 bits per heavy atom. The predicted molar refractivity (Wildman–Crippen MR) is 86.0 cm³/mol. The minimum absolute atomic E-state index is 0.0600. The molecule has 1 N–H and O–H groups in total. The standard InChI is InChI=1S/C15H19FN4O4S/c1-20-13(10-17-19-20)25(21,22)18-15(6-8-24-9-7-15)11-4-3-5-12(23-2)14(11)16/h3-5,10,18H,6-9H2,1-2H3. The van der Waals surface area contributed by atoms with Gasteiger partial charge in [0, 0.05) is 25.8 Å². The maximum Gasteiger partial charge on any atom is 0.260 e. The summed E-state index contributed by atoms with van der Waals surface area (Å²) in [5.41, 5.74) is -0.908. The van der Waals surface area contributed by atoms with Crippen molar-refractivity contribution in [1.29, 1.82) is 0 Å². The zero-order chi connectivity index (χ0) is 18.1. The second-order valence-corrected chi connectivity index (χ2v) is 7.45. The van der Waals surface area contributed by atoms with Gasteiger partial charge in [0.1, 0.15) is 0 Å². The highest BCUT2D eigenvalue weighted by atomic mass is 32.2. The number of benzene rings is 1. The lowest BCUT2D eigenvalue weighted by atomic mass is 9.83. The van der Waals surface area contributed by atoms with Crippen LogP contribution in [-0.2, 0) is 27.3 Å². The minimum atomic E-state index is -3.97. The molecule has 0 spiro atoms. The van der Waals surface area contributed by atoms with Crippen LogP contribution in [0.4, 0.5) is 4.39 Å². The van der Waals surface area contributed by atoms with E-state index in [2.05, 4.69) is 15.0 Å². The molecule has 10 heteroatoms. The van der Waals surface area contributed by atoms with Gasteiger partial charge in [-0.25, -0.2) is 17.5 Å². The first-order valence-electron chi connectivity index (χ1n) is 7.69. The number of halogens is 1. The molecule has 0 atom stereocenters. The van der Waals surface area contributed by atoms with Gasteiger partial charge in [-0.05, 0) is 18.9 Å². The smallest absolute Gasteiger partial charge is 0.260 e. The van der Waals surface area contributed by atoms with Crippen molar-refractivity contribution in [2.24, 2.45) is 7.05 Å². The molecule has 0 radical (unpaired) electrons. The molecule has 1 aliphatic heterocycles. The molecular weight excluding hydrogens is 351 g/mol. The van der Waals surface area contributed by atoms with Crippen molar-refractivity contribution in [1.82, 2.24) is 19.7 Å². The van der Waals surface area contributed by atoms with Crippen molar-refractivity contribution in [3.05, 3.63) is 35.8 Å². The third kappa shape index (κ3) is 3.24. The van der Waals surface area contributed by atoms with E-state index < -0.39 is 21.4 Å². The van der Waals surface area contributed by atoms with Crippen molar-refractivity contribution < 1.29 is 22.3 Å². The summed E-state index contributed by atoms with van der Waals surface area (Å²) in [7, 11) is -1.12. The zero-order valence-electron chi connectivity index (χ0n) is 13.9. The van der Waals surface area contributed by atoms with Gasteiger partial charge in [0.25, 0.3) is 10.0 Å². The monoisotopic (exact) mass is 370 g/mol. The first-order chi connectivity index (χ1) is 11.9. The average molecular weight is 370 g/mol. The SMILES string of the molecule is COc1cccc(C2(NS(=O)(=O)c3cnnn3C)CCOCC2)c1F. The van der Waals surface area contributed by atoms with Crippen LogP contribution in [0.3, 0.4) is 0 Å². The highest BCUT2D eigenvalue weighted by Gasteiger charge is 2.41. The molecule has 0 amide bonds. The number of nitrogens with zero attached hydrogens (tertiary/aromatic N) is 3. The van der Waals surface area contributed by atoms with Crippen LogP contribution in [0.15, 0.2) is 29.4 Å². The van der Waals surface area contributed by atoms with Gasteiger partial charge in [0.15, 0.2) is 16.6 Å². The molecule has 1 fully saturated rings. The lowest BCUT2D eigenvalue weighted by Gasteiger charge is -2.38. The molecule has 1 saturated heterocycles. The summed E-state index contributed by atoms with van der Waals surface area (Å²) in [6.45, 7) is 0.617. The Labute approximate surface area is 145 Å². The fourth-order valence-corrected chi connectivity index (χ4v) is 4.52.